The number of amides is 2. The molecule has 38 heavy (non-hydrogen) atoms. The summed E-state index contributed by atoms with van der Waals surface area (Å²) >= 11 is 0. The highest BCUT2D eigenvalue weighted by Gasteiger charge is 2.29. The second-order valence-electron chi connectivity index (χ2n) is 9.05. The lowest BCUT2D eigenvalue weighted by atomic mass is 10.1. The SMILES string of the molecule is CCCCNC(=O)[C@@H](CC)N(Cc1cccc(OC)c1)C(=O)CCCN(c1ccccc1OC)S(C)(=O)=O. The van der Waals surface area contributed by atoms with Crippen LogP contribution in [0.25, 0.3) is 0 Å². The molecule has 1 N–H and O–H groups in total. The van der Waals surface area contributed by atoms with Crippen LogP contribution in [0.2, 0.25) is 0 Å². The molecule has 2 rings (SSSR count). The number of ether oxygens (including phenoxy) is 2. The third-order valence-electron chi connectivity index (χ3n) is 6.21. The zero-order chi connectivity index (χ0) is 28.1. The Morgan fingerprint density at radius 2 is 1.74 bits per heavy atom. The molecule has 210 valence electrons. The number of benzene rings is 2. The van der Waals surface area contributed by atoms with Crippen molar-refractivity contribution in [2.75, 3.05) is 37.9 Å². The largest absolute Gasteiger partial charge is 0.497 e. The molecular weight excluding hydrogens is 506 g/mol. The Labute approximate surface area is 227 Å². The minimum absolute atomic E-state index is 0.0733. The second-order valence-corrected chi connectivity index (χ2v) is 11.0. The molecule has 2 aromatic carbocycles. The maximum absolute atomic E-state index is 13.5. The van der Waals surface area contributed by atoms with Gasteiger partial charge >= 0.3 is 0 Å². The molecule has 0 fully saturated rings. The van der Waals surface area contributed by atoms with Crippen LogP contribution in [0.15, 0.2) is 48.5 Å². The number of para-hydroxylation sites is 2. The summed E-state index contributed by atoms with van der Waals surface area (Å²) in [5.41, 5.74) is 1.25. The summed E-state index contributed by atoms with van der Waals surface area (Å²) < 4.78 is 37.1. The number of carbonyl (C=O) groups is 2. The fourth-order valence-corrected chi connectivity index (χ4v) is 5.18. The molecule has 0 aliphatic carbocycles. The van der Waals surface area contributed by atoms with Crippen molar-refractivity contribution in [3.63, 3.8) is 0 Å². The first kappa shape index (κ1) is 31.0. The Balaban J connectivity index is 2.24. The molecule has 0 aliphatic rings. The number of unbranched alkanes of at least 4 members (excludes halogenated alkanes) is 1. The van der Waals surface area contributed by atoms with E-state index in [2.05, 4.69) is 5.32 Å². The van der Waals surface area contributed by atoms with Gasteiger partial charge < -0.3 is 19.7 Å². The highest BCUT2D eigenvalue weighted by Crippen LogP contribution is 2.30. The number of hydrogen-bond donors (Lipinski definition) is 1. The minimum Gasteiger partial charge on any atom is -0.497 e. The van der Waals surface area contributed by atoms with Crippen LogP contribution in [0, 0.1) is 0 Å². The van der Waals surface area contributed by atoms with E-state index in [1.807, 2.05) is 38.1 Å². The van der Waals surface area contributed by atoms with Crippen LogP contribution in [0.1, 0.15) is 51.5 Å². The number of carbonyl (C=O) groups excluding carboxylic acids is 2. The van der Waals surface area contributed by atoms with E-state index in [0.29, 0.717) is 30.2 Å². The Morgan fingerprint density at radius 1 is 1.00 bits per heavy atom. The summed E-state index contributed by atoms with van der Waals surface area (Å²) in [5.74, 6) is 0.678. The predicted molar refractivity (Wildman–Crippen MR) is 150 cm³/mol. The first-order chi connectivity index (χ1) is 18.2. The Bertz CT molecular complexity index is 1150. The molecule has 0 aromatic heterocycles. The lowest BCUT2D eigenvalue weighted by molar-refractivity contribution is -0.141. The third kappa shape index (κ3) is 8.93. The molecule has 0 unspecified atom stereocenters. The van der Waals surface area contributed by atoms with Gasteiger partial charge in [0, 0.05) is 26.1 Å². The number of rotatable bonds is 16. The quantitative estimate of drug-likeness (QED) is 0.319. The fourth-order valence-electron chi connectivity index (χ4n) is 4.21. The summed E-state index contributed by atoms with van der Waals surface area (Å²) in [5, 5.41) is 2.95. The highest BCUT2D eigenvalue weighted by atomic mass is 32.2. The minimum atomic E-state index is -3.62. The maximum Gasteiger partial charge on any atom is 0.242 e. The van der Waals surface area contributed by atoms with E-state index in [9.17, 15) is 18.0 Å². The van der Waals surface area contributed by atoms with E-state index in [1.165, 1.54) is 11.4 Å². The number of nitrogens with one attached hydrogen (secondary N) is 1. The molecule has 0 bridgehead atoms. The fraction of sp³-hybridized carbons (Fsp3) is 0.500. The summed E-state index contributed by atoms with van der Waals surface area (Å²) in [7, 11) is -0.563. The van der Waals surface area contributed by atoms with E-state index in [-0.39, 0.29) is 37.7 Å². The summed E-state index contributed by atoms with van der Waals surface area (Å²) in [4.78, 5) is 28.2. The molecule has 1 atom stereocenters. The zero-order valence-corrected chi connectivity index (χ0v) is 23.9. The van der Waals surface area contributed by atoms with Crippen molar-refractivity contribution >= 4 is 27.5 Å². The van der Waals surface area contributed by atoms with Crippen molar-refractivity contribution < 1.29 is 27.5 Å². The molecule has 10 heteroatoms. The van der Waals surface area contributed by atoms with Crippen molar-refractivity contribution in [3.05, 3.63) is 54.1 Å². The third-order valence-corrected chi connectivity index (χ3v) is 7.39. The number of hydrogen-bond acceptors (Lipinski definition) is 6. The Morgan fingerprint density at radius 3 is 2.37 bits per heavy atom. The van der Waals surface area contributed by atoms with Gasteiger partial charge in [0.2, 0.25) is 21.8 Å². The van der Waals surface area contributed by atoms with Gasteiger partial charge in [-0.2, -0.15) is 0 Å². The Hall–Kier alpha value is -3.27. The van der Waals surface area contributed by atoms with Crippen molar-refractivity contribution in [2.24, 2.45) is 0 Å². The van der Waals surface area contributed by atoms with Crippen LogP contribution in [0.3, 0.4) is 0 Å². The van der Waals surface area contributed by atoms with Gasteiger partial charge in [-0.3, -0.25) is 13.9 Å². The molecule has 0 heterocycles. The van der Waals surface area contributed by atoms with Gasteiger partial charge in [0.15, 0.2) is 0 Å². The first-order valence-corrected chi connectivity index (χ1v) is 14.8. The molecule has 2 amide bonds. The first-order valence-electron chi connectivity index (χ1n) is 13.0. The van der Waals surface area contributed by atoms with Crippen LogP contribution in [0.4, 0.5) is 5.69 Å². The summed E-state index contributed by atoms with van der Waals surface area (Å²) in [6.07, 6.45) is 3.73. The van der Waals surface area contributed by atoms with Crippen LogP contribution in [-0.4, -0.2) is 64.7 Å². The molecule has 0 aliphatic heterocycles. The van der Waals surface area contributed by atoms with Crippen molar-refractivity contribution in [1.82, 2.24) is 10.2 Å². The monoisotopic (exact) mass is 547 g/mol. The van der Waals surface area contributed by atoms with Crippen LogP contribution < -0.4 is 19.1 Å². The maximum atomic E-state index is 13.5. The zero-order valence-electron chi connectivity index (χ0n) is 23.1. The van der Waals surface area contributed by atoms with Gasteiger partial charge in [-0.05, 0) is 49.1 Å². The van der Waals surface area contributed by atoms with Crippen LogP contribution in [-0.2, 0) is 26.2 Å². The summed E-state index contributed by atoms with van der Waals surface area (Å²) in [6.45, 7) is 4.81. The number of methoxy groups -OCH3 is 2. The van der Waals surface area contributed by atoms with E-state index in [0.717, 1.165) is 24.7 Å². The average Bonchev–Trinajstić information content (AvgIpc) is 2.90. The molecule has 0 radical (unpaired) electrons. The predicted octanol–water partition coefficient (Wildman–Crippen LogP) is 3.97. The van der Waals surface area contributed by atoms with Crippen molar-refractivity contribution in [3.8, 4) is 11.5 Å². The van der Waals surface area contributed by atoms with Crippen molar-refractivity contribution in [2.45, 2.75) is 58.5 Å². The van der Waals surface area contributed by atoms with Gasteiger partial charge in [0.05, 0.1) is 26.2 Å². The van der Waals surface area contributed by atoms with Crippen LogP contribution in [0.5, 0.6) is 11.5 Å². The lowest BCUT2D eigenvalue weighted by Gasteiger charge is -2.31. The smallest absolute Gasteiger partial charge is 0.242 e. The number of nitrogens with zero attached hydrogens (tertiary/aromatic N) is 2. The number of anilines is 1. The van der Waals surface area contributed by atoms with E-state index >= 15 is 0 Å². The standard InChI is InChI=1S/C28H41N3O6S/c1-6-8-18-29-28(33)24(7-2)30(21-22-13-11-14-23(20-22)36-3)27(32)17-12-19-31(38(5,34)35)25-15-9-10-16-26(25)37-4/h9-11,13-16,20,24H,6-8,12,17-19,21H2,1-5H3,(H,29,33)/t24-/m1/s1. The molecule has 9 nitrogen and oxygen atoms in total. The summed E-state index contributed by atoms with van der Waals surface area (Å²) in [6, 6.07) is 13.6. The molecule has 2 aromatic rings. The highest BCUT2D eigenvalue weighted by molar-refractivity contribution is 7.92. The van der Waals surface area contributed by atoms with Gasteiger partial charge in [-0.15, -0.1) is 0 Å². The van der Waals surface area contributed by atoms with Gasteiger partial charge in [-0.25, -0.2) is 8.42 Å². The molecule has 0 saturated heterocycles. The van der Waals surface area contributed by atoms with E-state index < -0.39 is 16.1 Å². The van der Waals surface area contributed by atoms with E-state index in [4.69, 9.17) is 9.47 Å². The average molecular weight is 548 g/mol. The topological polar surface area (TPSA) is 105 Å². The second kappa shape index (κ2) is 15.2. The van der Waals surface area contributed by atoms with Gasteiger partial charge in [-0.1, -0.05) is 44.5 Å². The van der Waals surface area contributed by atoms with Gasteiger partial charge in [0.1, 0.15) is 17.5 Å². The van der Waals surface area contributed by atoms with Crippen molar-refractivity contribution in [1.29, 1.82) is 0 Å². The molecular formula is C28H41N3O6S. The Kier molecular flexibility index (Phi) is 12.4. The number of sulfonamides is 1. The lowest BCUT2D eigenvalue weighted by Crippen LogP contribution is -2.49. The van der Waals surface area contributed by atoms with Gasteiger partial charge in [0.25, 0.3) is 0 Å². The molecule has 0 spiro atoms. The van der Waals surface area contributed by atoms with E-state index in [1.54, 1.807) is 36.3 Å². The van der Waals surface area contributed by atoms with Crippen LogP contribution >= 0.6 is 0 Å². The normalized spacial score (nSPS) is 11.9. The molecule has 0 saturated carbocycles.